The minimum atomic E-state index is -3.96. The third-order valence-corrected chi connectivity index (χ3v) is 5.61. The molecule has 1 atom stereocenters. The second kappa shape index (κ2) is 9.31. The fourth-order valence-electron chi connectivity index (χ4n) is 2.31. The first-order valence-corrected chi connectivity index (χ1v) is 10.1. The third kappa shape index (κ3) is 5.88. The Morgan fingerprint density at radius 3 is 2.36 bits per heavy atom. The van der Waals surface area contributed by atoms with Crippen molar-refractivity contribution in [2.45, 2.75) is 37.8 Å². The summed E-state index contributed by atoms with van der Waals surface area (Å²) in [5, 5.41) is 2.46. The van der Waals surface area contributed by atoms with E-state index in [0.29, 0.717) is 17.7 Å². The minimum Gasteiger partial charge on any atom is -0.433 e. The second-order valence-electron chi connectivity index (χ2n) is 5.84. The molecule has 0 bridgehead atoms. The first-order valence-electron chi connectivity index (χ1n) is 8.29. The largest absolute Gasteiger partial charge is 0.433 e. The van der Waals surface area contributed by atoms with Crippen molar-refractivity contribution >= 4 is 33.2 Å². The van der Waals surface area contributed by atoms with Gasteiger partial charge in [-0.3, -0.25) is 4.79 Å². The average molecular weight is 433 g/mol. The van der Waals surface area contributed by atoms with Crippen molar-refractivity contribution in [1.29, 1.82) is 0 Å². The molecule has 0 saturated heterocycles. The topological polar surface area (TPSA) is 84.5 Å². The van der Waals surface area contributed by atoms with E-state index < -0.39 is 22.7 Å². The highest BCUT2D eigenvalue weighted by Gasteiger charge is 2.20. The quantitative estimate of drug-likeness (QED) is 0.650. The van der Waals surface area contributed by atoms with Gasteiger partial charge in [0.1, 0.15) is 5.75 Å². The number of carbonyl (C=O) groups excluding carboxylic acids is 1. The summed E-state index contributed by atoms with van der Waals surface area (Å²) in [5.74, 6) is -0.439. The standard InChI is InChI=1S/C18H19ClF2N2O4S/c1-3-17(24)22-13-6-4-12(5-7-13)11(2)23-28(25,26)14-8-9-16(15(19)10-14)27-18(20)21/h4-11,18,23H,3H2,1-2H3,(H,22,24). The number of sulfonamides is 1. The predicted molar refractivity (Wildman–Crippen MR) is 102 cm³/mol. The van der Waals surface area contributed by atoms with Crippen molar-refractivity contribution in [1.82, 2.24) is 4.72 Å². The fourth-order valence-corrected chi connectivity index (χ4v) is 3.86. The maximum Gasteiger partial charge on any atom is 0.387 e. The smallest absolute Gasteiger partial charge is 0.387 e. The molecule has 0 fully saturated rings. The number of rotatable bonds is 8. The number of amides is 1. The van der Waals surface area contributed by atoms with E-state index in [1.54, 1.807) is 38.1 Å². The average Bonchev–Trinajstić information content (AvgIpc) is 2.63. The van der Waals surface area contributed by atoms with Crippen molar-refractivity contribution in [2.24, 2.45) is 0 Å². The normalized spacial score (nSPS) is 12.6. The van der Waals surface area contributed by atoms with Crippen molar-refractivity contribution in [3.8, 4) is 5.75 Å². The van der Waals surface area contributed by atoms with Gasteiger partial charge in [-0.1, -0.05) is 30.7 Å². The summed E-state index contributed by atoms with van der Waals surface area (Å²) in [6.07, 6.45) is 0.349. The molecule has 0 aliphatic carbocycles. The Morgan fingerprint density at radius 2 is 1.82 bits per heavy atom. The highest BCUT2D eigenvalue weighted by atomic mass is 35.5. The summed E-state index contributed by atoms with van der Waals surface area (Å²) in [5.41, 5.74) is 1.27. The number of halogens is 3. The van der Waals surface area contributed by atoms with E-state index >= 15 is 0 Å². The molecule has 0 spiro atoms. The Balaban J connectivity index is 2.12. The van der Waals surface area contributed by atoms with Crippen molar-refractivity contribution in [2.75, 3.05) is 5.32 Å². The van der Waals surface area contributed by atoms with Gasteiger partial charge in [0.05, 0.1) is 9.92 Å². The molecule has 28 heavy (non-hydrogen) atoms. The van der Waals surface area contributed by atoms with Crippen LogP contribution in [0.3, 0.4) is 0 Å². The van der Waals surface area contributed by atoms with Gasteiger partial charge in [0.15, 0.2) is 0 Å². The zero-order chi connectivity index (χ0) is 20.9. The summed E-state index contributed by atoms with van der Waals surface area (Å²) in [7, 11) is -3.96. The zero-order valence-corrected chi connectivity index (χ0v) is 16.7. The molecule has 2 N–H and O–H groups in total. The van der Waals surface area contributed by atoms with Gasteiger partial charge in [-0.25, -0.2) is 13.1 Å². The molecule has 10 heteroatoms. The Bertz CT molecular complexity index is 937. The lowest BCUT2D eigenvalue weighted by atomic mass is 10.1. The molecule has 0 radical (unpaired) electrons. The lowest BCUT2D eigenvalue weighted by molar-refractivity contribution is -0.115. The van der Waals surface area contributed by atoms with Gasteiger partial charge >= 0.3 is 6.61 Å². The maximum absolute atomic E-state index is 12.5. The van der Waals surface area contributed by atoms with Crippen molar-refractivity contribution < 1.29 is 26.7 Å². The molecule has 1 unspecified atom stereocenters. The van der Waals surface area contributed by atoms with Crippen molar-refractivity contribution in [3.63, 3.8) is 0 Å². The summed E-state index contributed by atoms with van der Waals surface area (Å²) >= 11 is 5.82. The first-order chi connectivity index (χ1) is 13.1. The zero-order valence-electron chi connectivity index (χ0n) is 15.1. The van der Waals surface area contributed by atoms with E-state index in [1.807, 2.05) is 0 Å². The number of ether oxygens (including phenoxy) is 1. The molecule has 2 rings (SSSR count). The molecule has 0 aromatic heterocycles. The highest BCUT2D eigenvalue weighted by molar-refractivity contribution is 7.89. The van der Waals surface area contributed by atoms with E-state index in [2.05, 4.69) is 14.8 Å². The van der Waals surface area contributed by atoms with E-state index in [9.17, 15) is 22.0 Å². The molecular weight excluding hydrogens is 414 g/mol. The van der Waals surface area contributed by atoms with Crippen LogP contribution in [0, 0.1) is 0 Å². The molecule has 2 aromatic carbocycles. The number of hydrogen-bond donors (Lipinski definition) is 2. The van der Waals surface area contributed by atoms with Gasteiger partial charge in [-0.05, 0) is 42.8 Å². The van der Waals surface area contributed by atoms with Crippen LogP contribution in [0.25, 0.3) is 0 Å². The second-order valence-corrected chi connectivity index (χ2v) is 7.96. The van der Waals surface area contributed by atoms with E-state index in [0.717, 1.165) is 18.2 Å². The van der Waals surface area contributed by atoms with Gasteiger partial charge in [0.25, 0.3) is 0 Å². The Labute approximate surface area is 166 Å². The summed E-state index contributed by atoms with van der Waals surface area (Å²) in [6.45, 7) is 0.314. The van der Waals surface area contributed by atoms with Crippen LogP contribution < -0.4 is 14.8 Å². The molecule has 2 aromatic rings. The van der Waals surface area contributed by atoms with Crippen LogP contribution in [0.4, 0.5) is 14.5 Å². The van der Waals surface area contributed by atoms with Gasteiger partial charge in [0, 0.05) is 18.2 Å². The van der Waals surface area contributed by atoms with Crippen molar-refractivity contribution in [3.05, 3.63) is 53.1 Å². The molecule has 0 heterocycles. The number of anilines is 1. The van der Waals surface area contributed by atoms with Gasteiger partial charge < -0.3 is 10.1 Å². The minimum absolute atomic E-state index is 0.127. The SMILES string of the molecule is CCC(=O)Nc1ccc(C(C)NS(=O)(=O)c2ccc(OC(F)F)c(Cl)c2)cc1. The fraction of sp³-hybridized carbons (Fsp3) is 0.278. The molecule has 0 saturated carbocycles. The molecular formula is C18H19ClF2N2O4S. The van der Waals surface area contributed by atoms with E-state index in [1.165, 1.54) is 0 Å². The van der Waals surface area contributed by atoms with Crippen LogP contribution in [-0.4, -0.2) is 20.9 Å². The highest BCUT2D eigenvalue weighted by Crippen LogP contribution is 2.29. The molecule has 6 nitrogen and oxygen atoms in total. The van der Waals surface area contributed by atoms with Crippen LogP contribution in [0.15, 0.2) is 47.4 Å². The molecule has 152 valence electrons. The summed E-state index contributed by atoms with van der Waals surface area (Å²) in [6, 6.07) is 9.35. The number of benzene rings is 2. The molecule has 0 aliphatic heterocycles. The van der Waals surface area contributed by atoms with Gasteiger partial charge in [0.2, 0.25) is 15.9 Å². The van der Waals surface area contributed by atoms with Crippen LogP contribution in [0.1, 0.15) is 31.9 Å². The van der Waals surface area contributed by atoms with E-state index in [4.69, 9.17) is 11.6 Å². The van der Waals surface area contributed by atoms with Gasteiger partial charge in [-0.15, -0.1) is 0 Å². The summed E-state index contributed by atoms with van der Waals surface area (Å²) in [4.78, 5) is 11.2. The lowest BCUT2D eigenvalue weighted by Gasteiger charge is -2.16. The number of carbonyl (C=O) groups is 1. The number of alkyl halides is 2. The predicted octanol–water partition coefficient (Wildman–Crippen LogP) is 4.33. The maximum atomic E-state index is 12.5. The van der Waals surface area contributed by atoms with Crippen LogP contribution in [0.2, 0.25) is 5.02 Å². The third-order valence-electron chi connectivity index (χ3n) is 3.78. The Hall–Kier alpha value is -2.23. The summed E-state index contributed by atoms with van der Waals surface area (Å²) < 4.78 is 56.3. The monoisotopic (exact) mass is 432 g/mol. The molecule has 0 aliphatic rings. The number of hydrogen-bond acceptors (Lipinski definition) is 4. The van der Waals surface area contributed by atoms with Gasteiger partial charge in [-0.2, -0.15) is 8.78 Å². The van der Waals surface area contributed by atoms with Crippen LogP contribution in [-0.2, 0) is 14.8 Å². The molecule has 1 amide bonds. The van der Waals surface area contributed by atoms with Crippen LogP contribution >= 0.6 is 11.6 Å². The number of nitrogens with one attached hydrogen (secondary N) is 2. The van der Waals surface area contributed by atoms with Crippen LogP contribution in [0.5, 0.6) is 5.75 Å². The lowest BCUT2D eigenvalue weighted by Crippen LogP contribution is -2.27. The van der Waals surface area contributed by atoms with E-state index in [-0.39, 0.29) is 21.6 Å². The first kappa shape index (κ1) is 22.1. The Kier molecular flexibility index (Phi) is 7.34. The Morgan fingerprint density at radius 1 is 1.18 bits per heavy atom.